The zero-order chi connectivity index (χ0) is 31.6. The molecule has 13 heteroatoms. The predicted octanol–water partition coefficient (Wildman–Crippen LogP) is 6.63. The molecule has 0 radical (unpaired) electrons. The molecular formula is C33H46N6O5S2. The van der Waals surface area contributed by atoms with Crippen molar-refractivity contribution in [2.24, 2.45) is 5.92 Å². The molecule has 2 aromatic heterocycles. The van der Waals surface area contributed by atoms with E-state index in [4.69, 9.17) is 9.47 Å². The van der Waals surface area contributed by atoms with Crippen molar-refractivity contribution < 1.29 is 23.9 Å². The largest absolute Gasteiger partial charge is 0.444 e. The van der Waals surface area contributed by atoms with Gasteiger partial charge in [-0.05, 0) is 84.1 Å². The quantitative estimate of drug-likeness (QED) is 0.312. The van der Waals surface area contributed by atoms with Crippen molar-refractivity contribution in [3.63, 3.8) is 0 Å². The number of hydrogen-bond donors (Lipinski definition) is 2. The van der Waals surface area contributed by atoms with E-state index >= 15 is 0 Å². The van der Waals surface area contributed by atoms with E-state index in [0.717, 1.165) is 41.1 Å². The maximum absolute atomic E-state index is 12.8. The fourth-order valence-electron chi connectivity index (χ4n) is 5.42. The van der Waals surface area contributed by atoms with E-state index in [1.54, 1.807) is 28.3 Å². The fourth-order valence-corrected chi connectivity index (χ4v) is 5.42. The summed E-state index contributed by atoms with van der Waals surface area (Å²) in [6.45, 7) is 12.5. The van der Waals surface area contributed by atoms with Crippen LogP contribution in [-0.4, -0.2) is 73.7 Å². The van der Waals surface area contributed by atoms with E-state index in [1.807, 2.05) is 71.9 Å². The summed E-state index contributed by atoms with van der Waals surface area (Å²) in [6, 6.07) is 11.6. The standard InChI is InChI=1S/C33H42N6O5.2H2S/c1-32(2,3)43-30(41)38-17-15-24(20-38)29(40)37-27-14-13-23(18-34-27)21-9-11-22(12-10-21)25-19-35-28(36-25)26-8-7-16-39(26)31(42)44-33(4,5)6;;/h9-14,18-19,24,26H,7-8,15-17,20H2,1-6H3,(H,35,36)(H,34,37,40);2*1H2/t24-,26-;;/m0../s1. The monoisotopic (exact) mass is 670 g/mol. The second-order valence-corrected chi connectivity index (χ2v) is 13.4. The molecule has 0 saturated carbocycles. The predicted molar refractivity (Wildman–Crippen MR) is 187 cm³/mol. The second kappa shape index (κ2) is 14.8. The van der Waals surface area contributed by atoms with Crippen LogP contribution in [0.2, 0.25) is 0 Å². The summed E-state index contributed by atoms with van der Waals surface area (Å²) in [4.78, 5) is 53.6. The summed E-state index contributed by atoms with van der Waals surface area (Å²) < 4.78 is 11.0. The third-order valence-electron chi connectivity index (χ3n) is 7.55. The van der Waals surface area contributed by atoms with Crippen LogP contribution in [0.15, 0.2) is 48.8 Å². The number of pyridine rings is 1. The molecule has 2 N–H and O–H groups in total. The molecule has 0 bridgehead atoms. The lowest BCUT2D eigenvalue weighted by Gasteiger charge is -2.27. The fraction of sp³-hybridized carbons (Fsp3) is 0.485. The van der Waals surface area contributed by atoms with Crippen LogP contribution in [0, 0.1) is 5.92 Å². The molecule has 46 heavy (non-hydrogen) atoms. The van der Waals surface area contributed by atoms with Gasteiger partial charge >= 0.3 is 12.2 Å². The van der Waals surface area contributed by atoms with Crippen LogP contribution >= 0.6 is 27.0 Å². The average Bonchev–Trinajstić information content (AvgIpc) is 3.72. The summed E-state index contributed by atoms with van der Waals surface area (Å²) >= 11 is 0. The highest BCUT2D eigenvalue weighted by Crippen LogP contribution is 2.33. The molecule has 250 valence electrons. The Kier molecular flexibility index (Phi) is 11.8. The number of anilines is 1. The van der Waals surface area contributed by atoms with Crippen LogP contribution < -0.4 is 5.32 Å². The zero-order valence-electron chi connectivity index (χ0n) is 27.3. The Bertz CT molecular complexity index is 1500. The number of ether oxygens (including phenoxy) is 2. The molecule has 0 aliphatic carbocycles. The number of carbonyl (C=O) groups excluding carboxylic acids is 3. The first-order chi connectivity index (χ1) is 20.8. The number of imidazole rings is 1. The van der Waals surface area contributed by atoms with E-state index in [9.17, 15) is 14.4 Å². The van der Waals surface area contributed by atoms with Gasteiger partial charge in [0.2, 0.25) is 5.91 Å². The average molecular weight is 671 g/mol. The Morgan fingerprint density at radius 1 is 0.804 bits per heavy atom. The van der Waals surface area contributed by atoms with Crippen LogP contribution in [0.25, 0.3) is 22.4 Å². The minimum Gasteiger partial charge on any atom is -0.444 e. The van der Waals surface area contributed by atoms with Crippen LogP contribution in [0.4, 0.5) is 15.4 Å². The van der Waals surface area contributed by atoms with Crippen LogP contribution in [0.3, 0.4) is 0 Å². The molecule has 2 aliphatic rings. The van der Waals surface area contributed by atoms with Gasteiger partial charge in [-0.3, -0.25) is 9.69 Å². The Labute approximate surface area is 284 Å². The van der Waals surface area contributed by atoms with Gasteiger partial charge in [0.15, 0.2) is 0 Å². The Balaban J connectivity index is 0.00000288. The number of nitrogens with zero attached hydrogens (tertiary/aromatic N) is 4. The van der Waals surface area contributed by atoms with E-state index in [0.29, 0.717) is 31.9 Å². The number of hydrogen-bond acceptors (Lipinski definition) is 7. The van der Waals surface area contributed by atoms with E-state index in [2.05, 4.69) is 20.3 Å². The van der Waals surface area contributed by atoms with E-state index in [1.165, 1.54) is 0 Å². The first kappa shape index (κ1) is 36.8. The van der Waals surface area contributed by atoms with E-state index < -0.39 is 17.3 Å². The molecule has 0 spiro atoms. The van der Waals surface area contributed by atoms with Crippen molar-refractivity contribution in [2.75, 3.05) is 25.0 Å². The molecule has 2 atom stereocenters. The highest BCUT2D eigenvalue weighted by Gasteiger charge is 2.35. The summed E-state index contributed by atoms with van der Waals surface area (Å²) in [5.41, 5.74) is 2.62. The number of aromatic amines is 1. The lowest BCUT2D eigenvalue weighted by molar-refractivity contribution is -0.119. The Morgan fingerprint density at radius 2 is 1.43 bits per heavy atom. The normalized spacial score (nSPS) is 18.0. The molecule has 2 fully saturated rings. The van der Waals surface area contributed by atoms with E-state index in [-0.39, 0.29) is 51.0 Å². The number of rotatable bonds is 5. The SMILES string of the molecule is CC(C)(C)OC(=O)N1CC[C@H](C(=O)Nc2ccc(-c3ccc(-c4cnc([C@@H]5CCCN5C(=O)OC(C)(C)C)[nH]4)cc3)cn2)C1.S.S. The van der Waals surface area contributed by atoms with Gasteiger partial charge in [-0.1, -0.05) is 24.3 Å². The molecular weight excluding hydrogens is 625 g/mol. The number of likely N-dealkylation sites (tertiary alicyclic amines) is 2. The van der Waals surface area contributed by atoms with Gasteiger partial charge in [0.25, 0.3) is 0 Å². The minimum atomic E-state index is -0.575. The lowest BCUT2D eigenvalue weighted by atomic mass is 10.0. The number of nitrogens with one attached hydrogen (secondary N) is 2. The molecule has 4 heterocycles. The first-order valence-corrected chi connectivity index (χ1v) is 15.2. The molecule has 1 aromatic carbocycles. The van der Waals surface area contributed by atoms with Crippen LogP contribution in [0.1, 0.15) is 72.7 Å². The molecule has 11 nitrogen and oxygen atoms in total. The molecule has 2 saturated heterocycles. The van der Waals surface area contributed by atoms with Crippen molar-refractivity contribution in [3.05, 3.63) is 54.6 Å². The lowest BCUT2D eigenvalue weighted by Crippen LogP contribution is -2.36. The van der Waals surface area contributed by atoms with Crippen molar-refractivity contribution in [3.8, 4) is 22.4 Å². The zero-order valence-corrected chi connectivity index (χ0v) is 29.3. The van der Waals surface area contributed by atoms with Crippen molar-refractivity contribution >= 4 is 50.9 Å². The molecule has 3 amide bonds. The summed E-state index contributed by atoms with van der Waals surface area (Å²) in [5, 5.41) is 2.87. The number of aromatic nitrogens is 3. The number of H-pyrrole nitrogens is 1. The second-order valence-electron chi connectivity index (χ2n) is 13.4. The van der Waals surface area contributed by atoms with Gasteiger partial charge in [0.1, 0.15) is 22.8 Å². The van der Waals surface area contributed by atoms with Gasteiger partial charge in [-0.2, -0.15) is 27.0 Å². The maximum Gasteiger partial charge on any atom is 0.410 e. The maximum atomic E-state index is 12.8. The molecule has 3 aromatic rings. The Hall–Kier alpha value is -3.71. The highest BCUT2D eigenvalue weighted by atomic mass is 32.1. The smallest absolute Gasteiger partial charge is 0.410 e. The topological polar surface area (TPSA) is 130 Å². The number of amides is 3. The van der Waals surface area contributed by atoms with Crippen molar-refractivity contribution in [1.82, 2.24) is 24.8 Å². The number of carbonyl (C=O) groups is 3. The van der Waals surface area contributed by atoms with Gasteiger partial charge in [0, 0.05) is 31.4 Å². The van der Waals surface area contributed by atoms with Gasteiger partial charge in [-0.25, -0.2) is 19.6 Å². The van der Waals surface area contributed by atoms with Crippen LogP contribution in [-0.2, 0) is 14.3 Å². The molecule has 2 aliphatic heterocycles. The third kappa shape index (κ3) is 9.18. The van der Waals surface area contributed by atoms with Gasteiger partial charge in [0.05, 0.1) is 23.9 Å². The molecule has 0 unspecified atom stereocenters. The van der Waals surface area contributed by atoms with Crippen molar-refractivity contribution in [1.29, 1.82) is 0 Å². The third-order valence-corrected chi connectivity index (χ3v) is 7.55. The first-order valence-electron chi connectivity index (χ1n) is 15.2. The van der Waals surface area contributed by atoms with Gasteiger partial charge < -0.3 is 24.7 Å². The molecule has 5 rings (SSSR count). The number of benzene rings is 1. The van der Waals surface area contributed by atoms with Crippen molar-refractivity contribution in [2.45, 2.75) is 78.0 Å². The summed E-state index contributed by atoms with van der Waals surface area (Å²) in [6.07, 6.45) is 5.13. The Morgan fingerprint density at radius 3 is 2.07 bits per heavy atom. The highest BCUT2D eigenvalue weighted by molar-refractivity contribution is 7.59. The summed E-state index contributed by atoms with van der Waals surface area (Å²) in [7, 11) is 0. The van der Waals surface area contributed by atoms with Crippen LogP contribution in [0.5, 0.6) is 0 Å². The minimum absolute atomic E-state index is 0. The van der Waals surface area contributed by atoms with Gasteiger partial charge in [-0.15, -0.1) is 0 Å². The summed E-state index contributed by atoms with van der Waals surface area (Å²) in [5.74, 6) is 0.743.